The van der Waals surface area contributed by atoms with Crippen molar-refractivity contribution in [3.05, 3.63) is 65.7 Å². The molecule has 3 rings (SSSR count). The minimum Gasteiger partial charge on any atom is -0.481 e. The van der Waals surface area contributed by atoms with Crippen molar-refractivity contribution in [1.29, 1.82) is 0 Å². The van der Waals surface area contributed by atoms with Gasteiger partial charge in [0.15, 0.2) is 0 Å². The number of rotatable bonds is 7. The van der Waals surface area contributed by atoms with Gasteiger partial charge in [0.1, 0.15) is 0 Å². The lowest BCUT2D eigenvalue weighted by atomic mass is 9.94. The van der Waals surface area contributed by atoms with Crippen LogP contribution in [0.2, 0.25) is 0 Å². The topological polar surface area (TPSA) is 83.5 Å². The molecular formula is C20H23NO4S. The molecule has 138 valence electrons. The summed E-state index contributed by atoms with van der Waals surface area (Å²) in [5.41, 5.74) is 1.88. The van der Waals surface area contributed by atoms with Gasteiger partial charge in [0.2, 0.25) is 10.0 Å². The van der Waals surface area contributed by atoms with Crippen LogP contribution in [0.5, 0.6) is 0 Å². The predicted octanol–water partition coefficient (Wildman–Crippen LogP) is 3.00. The van der Waals surface area contributed by atoms with E-state index in [2.05, 4.69) is 4.72 Å². The first-order valence-electron chi connectivity index (χ1n) is 8.81. The van der Waals surface area contributed by atoms with Gasteiger partial charge in [-0.1, -0.05) is 48.9 Å². The molecule has 0 spiro atoms. The monoisotopic (exact) mass is 373 g/mol. The molecule has 26 heavy (non-hydrogen) atoms. The van der Waals surface area contributed by atoms with Crippen LogP contribution >= 0.6 is 0 Å². The zero-order valence-electron chi connectivity index (χ0n) is 14.5. The number of benzene rings is 2. The summed E-state index contributed by atoms with van der Waals surface area (Å²) in [4.78, 5) is 11.1. The Balaban J connectivity index is 1.66. The molecule has 0 saturated heterocycles. The van der Waals surface area contributed by atoms with Crippen LogP contribution in [0.1, 0.15) is 30.4 Å². The van der Waals surface area contributed by atoms with Gasteiger partial charge in [-0.3, -0.25) is 4.79 Å². The standard InChI is InChI=1S/C20H23NO4S/c22-20(23)14-16-11-9-15(10-12-16)13-17-5-4-8-19(17)21-26(24,25)18-6-2-1-3-7-18/h1-3,6-7,9-12,17,19,21H,4-5,8,13-14H2,(H,22,23). The third kappa shape index (κ3) is 4.71. The van der Waals surface area contributed by atoms with Crippen molar-refractivity contribution in [3.8, 4) is 0 Å². The SMILES string of the molecule is O=C(O)Cc1ccc(CC2CCCC2NS(=O)(=O)c2ccccc2)cc1. The summed E-state index contributed by atoms with van der Waals surface area (Å²) in [5.74, 6) is -0.595. The molecule has 6 heteroatoms. The van der Waals surface area contributed by atoms with Crippen molar-refractivity contribution >= 4 is 16.0 Å². The lowest BCUT2D eigenvalue weighted by Gasteiger charge is -2.21. The smallest absolute Gasteiger partial charge is 0.307 e. The summed E-state index contributed by atoms with van der Waals surface area (Å²) in [6.07, 6.45) is 3.63. The van der Waals surface area contributed by atoms with Gasteiger partial charge in [-0.2, -0.15) is 0 Å². The van der Waals surface area contributed by atoms with Gasteiger partial charge in [0.25, 0.3) is 0 Å². The molecule has 0 bridgehead atoms. The lowest BCUT2D eigenvalue weighted by molar-refractivity contribution is -0.136. The lowest BCUT2D eigenvalue weighted by Crippen LogP contribution is -2.38. The maximum atomic E-state index is 12.6. The highest BCUT2D eigenvalue weighted by atomic mass is 32.2. The summed E-state index contributed by atoms with van der Waals surface area (Å²) in [7, 11) is -3.50. The fraction of sp³-hybridized carbons (Fsp3) is 0.350. The van der Waals surface area contributed by atoms with Crippen LogP contribution < -0.4 is 4.72 Å². The molecule has 0 radical (unpaired) electrons. The maximum absolute atomic E-state index is 12.6. The van der Waals surface area contributed by atoms with Gasteiger partial charge in [0.05, 0.1) is 11.3 Å². The molecule has 1 aliphatic carbocycles. The maximum Gasteiger partial charge on any atom is 0.307 e. The van der Waals surface area contributed by atoms with E-state index in [0.29, 0.717) is 4.90 Å². The van der Waals surface area contributed by atoms with Gasteiger partial charge < -0.3 is 5.11 Å². The quantitative estimate of drug-likeness (QED) is 0.781. The number of aliphatic carboxylic acids is 1. The molecule has 0 aliphatic heterocycles. The minimum absolute atomic E-state index is 0.0171. The second-order valence-corrected chi connectivity index (χ2v) is 8.54. The van der Waals surface area contributed by atoms with Crippen LogP contribution in [0.15, 0.2) is 59.5 Å². The second kappa shape index (κ2) is 8.01. The number of hydrogen-bond acceptors (Lipinski definition) is 3. The summed E-state index contributed by atoms with van der Waals surface area (Å²) in [6, 6.07) is 15.9. The first kappa shape index (κ1) is 18.6. The first-order valence-corrected chi connectivity index (χ1v) is 10.3. The van der Waals surface area contributed by atoms with Crippen molar-refractivity contribution < 1.29 is 18.3 Å². The molecular weight excluding hydrogens is 350 g/mol. The van der Waals surface area contributed by atoms with E-state index in [1.54, 1.807) is 30.3 Å². The summed E-state index contributed by atoms with van der Waals surface area (Å²) in [5, 5.41) is 8.84. The van der Waals surface area contributed by atoms with Gasteiger partial charge in [-0.05, 0) is 48.4 Å². The minimum atomic E-state index is -3.50. The van der Waals surface area contributed by atoms with E-state index in [0.717, 1.165) is 36.8 Å². The number of carbonyl (C=O) groups is 1. The van der Waals surface area contributed by atoms with E-state index in [1.165, 1.54) is 0 Å². The van der Waals surface area contributed by atoms with E-state index in [1.807, 2.05) is 24.3 Å². The average molecular weight is 373 g/mol. The Morgan fingerprint density at radius 3 is 2.31 bits per heavy atom. The highest BCUT2D eigenvalue weighted by Crippen LogP contribution is 2.30. The molecule has 1 aliphatic rings. The predicted molar refractivity (Wildman–Crippen MR) is 99.4 cm³/mol. The van der Waals surface area contributed by atoms with Crippen molar-refractivity contribution in [2.75, 3.05) is 0 Å². The molecule has 0 heterocycles. The molecule has 5 nitrogen and oxygen atoms in total. The number of hydrogen-bond donors (Lipinski definition) is 2. The molecule has 2 N–H and O–H groups in total. The van der Waals surface area contributed by atoms with Crippen molar-refractivity contribution in [1.82, 2.24) is 4.72 Å². The molecule has 2 atom stereocenters. The first-order chi connectivity index (χ1) is 12.4. The zero-order chi connectivity index (χ0) is 18.6. The Labute approximate surface area is 154 Å². The van der Waals surface area contributed by atoms with Crippen molar-refractivity contribution in [2.45, 2.75) is 43.0 Å². The normalized spacial score (nSPS) is 20.2. The van der Waals surface area contributed by atoms with Crippen LogP contribution in [0.25, 0.3) is 0 Å². The van der Waals surface area contributed by atoms with Crippen LogP contribution in [0, 0.1) is 5.92 Å². The number of carboxylic acids is 1. The number of nitrogens with one attached hydrogen (secondary N) is 1. The molecule has 0 aromatic heterocycles. The fourth-order valence-electron chi connectivity index (χ4n) is 3.57. The summed E-state index contributed by atoms with van der Waals surface area (Å²) in [6.45, 7) is 0. The Morgan fingerprint density at radius 2 is 1.65 bits per heavy atom. The van der Waals surface area contributed by atoms with Crippen LogP contribution in [0.3, 0.4) is 0 Å². The van der Waals surface area contributed by atoms with Crippen LogP contribution in [-0.2, 0) is 27.7 Å². The van der Waals surface area contributed by atoms with E-state index in [4.69, 9.17) is 5.11 Å². The van der Waals surface area contributed by atoms with Gasteiger partial charge >= 0.3 is 5.97 Å². The third-order valence-electron chi connectivity index (χ3n) is 4.90. The molecule has 2 aromatic carbocycles. The number of sulfonamides is 1. The third-order valence-corrected chi connectivity index (χ3v) is 6.40. The van der Waals surface area contributed by atoms with Crippen molar-refractivity contribution in [2.24, 2.45) is 5.92 Å². The highest BCUT2D eigenvalue weighted by molar-refractivity contribution is 7.89. The highest BCUT2D eigenvalue weighted by Gasteiger charge is 2.31. The fourth-order valence-corrected chi connectivity index (χ4v) is 4.93. The van der Waals surface area contributed by atoms with Crippen molar-refractivity contribution in [3.63, 3.8) is 0 Å². The Hall–Kier alpha value is -2.18. The Kier molecular flexibility index (Phi) is 5.74. The number of carboxylic acid groups (broad SMARTS) is 1. The molecule has 1 saturated carbocycles. The average Bonchev–Trinajstić information content (AvgIpc) is 3.03. The van der Waals surface area contributed by atoms with Crippen LogP contribution in [0.4, 0.5) is 0 Å². The van der Waals surface area contributed by atoms with Crippen LogP contribution in [-0.4, -0.2) is 25.5 Å². The Morgan fingerprint density at radius 1 is 1.00 bits per heavy atom. The van der Waals surface area contributed by atoms with E-state index in [-0.39, 0.29) is 18.4 Å². The van der Waals surface area contributed by atoms with Gasteiger partial charge in [0, 0.05) is 6.04 Å². The largest absolute Gasteiger partial charge is 0.481 e. The second-order valence-electron chi connectivity index (χ2n) is 6.82. The molecule has 0 amide bonds. The van der Waals surface area contributed by atoms with Gasteiger partial charge in [-0.15, -0.1) is 0 Å². The van der Waals surface area contributed by atoms with E-state index >= 15 is 0 Å². The van der Waals surface area contributed by atoms with E-state index in [9.17, 15) is 13.2 Å². The van der Waals surface area contributed by atoms with E-state index < -0.39 is 16.0 Å². The van der Waals surface area contributed by atoms with Gasteiger partial charge in [-0.25, -0.2) is 13.1 Å². The summed E-state index contributed by atoms with van der Waals surface area (Å²) >= 11 is 0. The Bertz CT molecular complexity index is 847. The zero-order valence-corrected chi connectivity index (χ0v) is 15.3. The molecule has 2 aromatic rings. The summed E-state index contributed by atoms with van der Waals surface area (Å²) < 4.78 is 28.0. The molecule has 1 fully saturated rings. The molecule has 2 unspecified atom stereocenters.